The summed E-state index contributed by atoms with van der Waals surface area (Å²) in [5.74, 6) is 0.888. The van der Waals surface area contributed by atoms with E-state index >= 15 is 0 Å². The number of ether oxygens (including phenoxy) is 1. The third kappa shape index (κ3) is 11.8. The predicted molar refractivity (Wildman–Crippen MR) is 288 cm³/mol. The summed E-state index contributed by atoms with van der Waals surface area (Å²) in [6, 6.07) is 65.4. The summed E-state index contributed by atoms with van der Waals surface area (Å²) in [6.45, 7) is 17.9. The minimum absolute atomic E-state index is 0.0614. The summed E-state index contributed by atoms with van der Waals surface area (Å²) in [5.41, 5.74) is 3.39. The van der Waals surface area contributed by atoms with Crippen LogP contribution < -0.4 is 30.4 Å². The first-order valence-corrected chi connectivity index (χ1v) is 28.5. The molecule has 7 heteroatoms. The Hall–Kier alpha value is -5.29. The van der Waals surface area contributed by atoms with Gasteiger partial charge < -0.3 is 18.5 Å². The molecule has 1 heterocycles. The molecule has 66 heavy (non-hydrogen) atoms. The molecule has 0 N–H and O–H groups in total. The molecule has 0 bridgehead atoms. The lowest BCUT2D eigenvalue weighted by Gasteiger charge is -2.43. The van der Waals surface area contributed by atoms with E-state index in [1.807, 2.05) is 0 Å². The van der Waals surface area contributed by atoms with Gasteiger partial charge in [-0.15, -0.1) is 11.3 Å². The van der Waals surface area contributed by atoms with Gasteiger partial charge in [-0.25, -0.2) is 0 Å². The average Bonchev–Trinajstić information content (AvgIpc) is 3.87. The fraction of sp³-hybridized carbons (Fsp3) is 0.288. The van der Waals surface area contributed by atoms with Gasteiger partial charge in [0.25, 0.3) is 16.6 Å². The summed E-state index contributed by atoms with van der Waals surface area (Å²) in [5, 5.41) is 7.28. The fourth-order valence-electron chi connectivity index (χ4n) is 9.43. The molecule has 0 saturated heterocycles. The van der Waals surface area contributed by atoms with Crippen molar-refractivity contribution in [2.45, 2.75) is 83.9 Å². The summed E-state index contributed by atoms with van der Waals surface area (Å²) in [6.07, 6.45) is 8.27. The second-order valence-corrected chi connectivity index (χ2v) is 28.9. The van der Waals surface area contributed by atoms with Crippen molar-refractivity contribution >= 4 is 66.6 Å². The van der Waals surface area contributed by atoms with Crippen molar-refractivity contribution in [1.29, 1.82) is 0 Å². The first-order valence-electron chi connectivity index (χ1n) is 23.8. The highest BCUT2D eigenvalue weighted by molar-refractivity contribution is 7.10. The van der Waals surface area contributed by atoms with Crippen LogP contribution in [0.25, 0.3) is 12.2 Å². The normalized spacial score (nSPS) is 12.4. The number of hydrogen-bond donors (Lipinski definition) is 0. The fourth-order valence-corrected chi connectivity index (χ4v) is 19.3. The maximum Gasteiger partial charge on any atom is 0.261 e. The molecule has 0 radical (unpaired) electrons. The number of nitrogens with zero attached hydrogens (tertiary/aromatic N) is 1. The van der Waals surface area contributed by atoms with Gasteiger partial charge in [-0.05, 0) is 97.8 Å². The highest BCUT2D eigenvalue weighted by Crippen LogP contribution is 2.38. The van der Waals surface area contributed by atoms with Gasteiger partial charge >= 0.3 is 0 Å². The Kier molecular flexibility index (Phi) is 16.9. The van der Waals surface area contributed by atoms with Crippen molar-refractivity contribution in [3.05, 3.63) is 203 Å². The van der Waals surface area contributed by atoms with Crippen LogP contribution in [0.4, 0.5) is 5.69 Å². The maximum absolute atomic E-state index is 7.35. The Labute approximate surface area is 402 Å². The van der Waals surface area contributed by atoms with Crippen LogP contribution in [0, 0.1) is 0 Å². The first kappa shape index (κ1) is 48.6. The Morgan fingerprint density at radius 3 is 1.33 bits per heavy atom. The van der Waals surface area contributed by atoms with Crippen LogP contribution in [-0.4, -0.2) is 42.9 Å². The molecular formula is C59H69NO3SSi2. The molecule has 342 valence electrons. The molecule has 0 amide bonds. The van der Waals surface area contributed by atoms with Gasteiger partial charge in [-0.1, -0.05) is 199 Å². The smallest absolute Gasteiger partial charge is 0.261 e. The monoisotopic (exact) mass is 927 g/mol. The predicted octanol–water partition coefficient (Wildman–Crippen LogP) is 13.0. The summed E-state index contributed by atoms with van der Waals surface area (Å²) < 4.78 is 21.4. The SMILES string of the molecule is CC(C)(C)[Si](OCCCCN(CCCCO[Si](c1ccccc1)(c1ccccc1)C(C)(C)C)c1ccc(/C=C/c2cccs2)c(OCc2ccccc2)c1)(c1ccccc1)c1ccccc1. The molecule has 0 atom stereocenters. The van der Waals surface area contributed by atoms with Crippen LogP contribution >= 0.6 is 11.3 Å². The van der Waals surface area contributed by atoms with E-state index in [0.717, 1.165) is 55.6 Å². The van der Waals surface area contributed by atoms with Crippen molar-refractivity contribution in [2.24, 2.45) is 0 Å². The third-order valence-corrected chi connectivity index (χ3v) is 23.6. The van der Waals surface area contributed by atoms with Crippen LogP contribution in [0.3, 0.4) is 0 Å². The molecule has 0 aliphatic carbocycles. The molecule has 0 aliphatic heterocycles. The lowest BCUT2D eigenvalue weighted by Crippen LogP contribution is -2.66. The van der Waals surface area contributed by atoms with Gasteiger partial charge in [-0.2, -0.15) is 0 Å². The van der Waals surface area contributed by atoms with E-state index in [2.05, 4.69) is 246 Å². The summed E-state index contributed by atoms with van der Waals surface area (Å²) in [4.78, 5) is 3.78. The van der Waals surface area contributed by atoms with Gasteiger partial charge in [0.05, 0.1) is 0 Å². The molecule has 7 aromatic rings. The molecule has 0 fully saturated rings. The molecule has 7 rings (SSSR count). The van der Waals surface area contributed by atoms with Gasteiger partial charge in [-0.3, -0.25) is 0 Å². The van der Waals surface area contributed by atoms with E-state index in [1.165, 1.54) is 31.3 Å². The van der Waals surface area contributed by atoms with Crippen molar-refractivity contribution in [1.82, 2.24) is 0 Å². The third-order valence-electron chi connectivity index (χ3n) is 12.7. The number of hydrogen-bond acceptors (Lipinski definition) is 5. The van der Waals surface area contributed by atoms with Gasteiger partial charge in [0.1, 0.15) is 12.4 Å². The largest absolute Gasteiger partial charge is 0.488 e. The van der Waals surface area contributed by atoms with Crippen molar-refractivity contribution in [3.8, 4) is 5.75 Å². The Morgan fingerprint density at radius 1 is 0.485 bits per heavy atom. The topological polar surface area (TPSA) is 30.9 Å². The maximum atomic E-state index is 7.35. The number of benzene rings is 6. The molecule has 0 unspecified atom stereocenters. The van der Waals surface area contributed by atoms with E-state index in [0.29, 0.717) is 19.8 Å². The molecule has 0 spiro atoms. The second-order valence-electron chi connectivity index (χ2n) is 19.3. The van der Waals surface area contributed by atoms with Crippen molar-refractivity contribution in [2.75, 3.05) is 31.2 Å². The number of thiophene rings is 1. The van der Waals surface area contributed by atoms with E-state index < -0.39 is 16.6 Å². The zero-order valence-electron chi connectivity index (χ0n) is 40.0. The standard InChI is InChI=1S/C59H69NO3SSi2/c1-58(2,3)65(53-30-14-8-15-31-53,54-32-16-9-17-33-54)62-44-24-22-42-60(43-23-25-45-63-66(59(4,5)6,55-34-18-10-19-35-55)56-36-20-11-21-37-56)51-40-38-50(39-41-52-29-26-46-64-52)57(47-51)61-48-49-27-12-7-13-28-49/h7-21,26-41,46-47H,22-25,42-45,48H2,1-6H3/b41-39+. The first-order chi connectivity index (χ1) is 32.0. The van der Waals surface area contributed by atoms with E-state index in [4.69, 9.17) is 13.6 Å². The molecule has 0 aliphatic rings. The van der Waals surface area contributed by atoms with Gasteiger partial charge in [0.2, 0.25) is 0 Å². The molecule has 6 aromatic carbocycles. The van der Waals surface area contributed by atoms with Crippen LogP contribution in [0.5, 0.6) is 5.75 Å². The minimum atomic E-state index is -2.62. The highest BCUT2D eigenvalue weighted by Gasteiger charge is 2.51. The van der Waals surface area contributed by atoms with E-state index in [-0.39, 0.29) is 10.1 Å². The number of rotatable bonds is 22. The zero-order valence-corrected chi connectivity index (χ0v) is 42.8. The van der Waals surface area contributed by atoms with Crippen LogP contribution in [-0.2, 0) is 15.5 Å². The van der Waals surface area contributed by atoms with Crippen molar-refractivity contribution < 1.29 is 13.6 Å². The molecular weight excluding hydrogens is 859 g/mol. The lowest BCUT2D eigenvalue weighted by atomic mass is 10.1. The second kappa shape index (κ2) is 22.9. The number of unbranched alkanes of at least 4 members (excludes halogenated alkanes) is 2. The zero-order chi connectivity index (χ0) is 46.3. The van der Waals surface area contributed by atoms with Crippen LogP contribution in [0.1, 0.15) is 83.2 Å². The Balaban J connectivity index is 1.12. The van der Waals surface area contributed by atoms with Crippen LogP contribution in [0.2, 0.25) is 10.1 Å². The Morgan fingerprint density at radius 2 is 0.924 bits per heavy atom. The summed E-state index contributed by atoms with van der Waals surface area (Å²) in [7, 11) is -5.25. The van der Waals surface area contributed by atoms with E-state index in [9.17, 15) is 0 Å². The highest BCUT2D eigenvalue weighted by atomic mass is 32.1. The van der Waals surface area contributed by atoms with Crippen LogP contribution in [0.15, 0.2) is 187 Å². The molecule has 4 nitrogen and oxygen atoms in total. The van der Waals surface area contributed by atoms with Crippen molar-refractivity contribution in [3.63, 3.8) is 0 Å². The molecule has 0 saturated carbocycles. The average molecular weight is 928 g/mol. The van der Waals surface area contributed by atoms with Gasteiger partial charge in [0, 0.05) is 48.5 Å². The van der Waals surface area contributed by atoms with Gasteiger partial charge in [0.15, 0.2) is 0 Å². The summed E-state index contributed by atoms with van der Waals surface area (Å²) >= 11 is 1.74. The van der Waals surface area contributed by atoms with E-state index in [1.54, 1.807) is 11.3 Å². The molecule has 1 aromatic heterocycles. The lowest BCUT2D eigenvalue weighted by molar-refractivity contribution is 0.286. The quantitative estimate of drug-likeness (QED) is 0.0501. The minimum Gasteiger partial charge on any atom is -0.488 e. The number of anilines is 1. The Bertz CT molecular complexity index is 2310.